The Hall–Kier alpha value is 0.350. The van der Waals surface area contributed by atoms with Gasteiger partial charge in [0.05, 0.1) is 5.75 Å². The first-order valence-electron chi connectivity index (χ1n) is 2.61. The van der Waals surface area contributed by atoms with Crippen LogP contribution in [0.1, 0.15) is 13.3 Å². The average Bonchev–Trinajstić information content (AvgIpc) is 1.89. The first kappa shape index (κ1) is 9.35. The zero-order valence-corrected chi connectivity index (χ0v) is 6.01. The molecule has 0 aliphatic rings. The molecule has 0 aromatic carbocycles. The van der Waals surface area contributed by atoms with E-state index in [1.807, 2.05) is 13.3 Å². The van der Waals surface area contributed by atoms with Gasteiger partial charge < -0.3 is 0 Å². The summed E-state index contributed by atoms with van der Waals surface area (Å²) in [6, 6.07) is 0. The Balaban J connectivity index is 2.60. The maximum Gasteiger partial charge on any atom is 0.0689 e. The molecular weight excluding hydrogens is 128 g/mol. The van der Waals surface area contributed by atoms with Crippen LogP contribution in [0.2, 0.25) is 0 Å². The van der Waals surface area contributed by atoms with E-state index in [2.05, 4.69) is 44.1 Å². The monoisotopic (exact) mass is 134 g/mol. The summed E-state index contributed by atoms with van der Waals surface area (Å²) < 4.78 is 0. The smallest absolute Gasteiger partial charge is 0.0689 e. The van der Waals surface area contributed by atoms with Crippen molar-refractivity contribution in [2.45, 2.75) is 13.3 Å². The van der Waals surface area contributed by atoms with Gasteiger partial charge in [-0.25, -0.2) is 0 Å². The highest BCUT2D eigenvalue weighted by molar-refractivity contribution is 7.82. The Bertz CT molecular complexity index is 37.8. The number of hydrogen-bond acceptors (Lipinski definition) is 0. The van der Waals surface area contributed by atoms with Crippen LogP contribution in [0.3, 0.4) is 0 Å². The van der Waals surface area contributed by atoms with Gasteiger partial charge in [-0.1, -0.05) is 26.0 Å². The second-order valence-electron chi connectivity index (χ2n) is 1.23. The molecule has 12 radical (unpaired) electrons. The summed E-state index contributed by atoms with van der Waals surface area (Å²) in [4.78, 5) is 0. The molecule has 0 heterocycles. The van der Waals surface area contributed by atoms with E-state index in [9.17, 15) is 0 Å². The van der Waals surface area contributed by atoms with E-state index < -0.39 is 0 Å². The zero-order chi connectivity index (χ0) is 6.95. The molecule has 0 aliphatic carbocycles. The van der Waals surface area contributed by atoms with Gasteiger partial charge >= 0.3 is 0 Å². The summed E-state index contributed by atoms with van der Waals surface area (Å²) in [5.74, 6) is 2.25. The number of hydrogen-bond donors (Lipinski definition) is 0. The standard InChI is InChI=1S/C8H6S/c1-2-3-4-5-6-7-8-9/h3H,2H2,1H3. The summed E-state index contributed by atoms with van der Waals surface area (Å²) in [6.07, 6.45) is 13.1. The van der Waals surface area contributed by atoms with Crippen LogP contribution in [-0.2, 0) is 0 Å². The van der Waals surface area contributed by atoms with Gasteiger partial charge in [0.1, 0.15) is 0 Å². The van der Waals surface area contributed by atoms with Crippen molar-refractivity contribution in [3.8, 4) is 0 Å². The molecule has 0 atom stereocenters. The fourth-order valence-corrected chi connectivity index (χ4v) is 0.297. The van der Waals surface area contributed by atoms with E-state index in [4.69, 9.17) is 0 Å². The van der Waals surface area contributed by atoms with Gasteiger partial charge in [-0.15, -0.1) is 0 Å². The molecule has 0 saturated carbocycles. The van der Waals surface area contributed by atoms with Crippen molar-refractivity contribution < 1.29 is 0 Å². The molecule has 9 heavy (non-hydrogen) atoms. The third-order valence-corrected chi connectivity index (χ3v) is 0.656. The lowest BCUT2D eigenvalue weighted by Crippen LogP contribution is -1.81. The minimum Gasteiger partial charge on any atom is -0.0828 e. The molecule has 0 rings (SSSR count). The Morgan fingerprint density at radius 2 is 2.11 bits per heavy atom. The minimum atomic E-state index is 0.954. The second kappa shape index (κ2) is 8.35. The van der Waals surface area contributed by atoms with Crippen LogP contribution < -0.4 is 0 Å². The fourth-order valence-electron chi connectivity index (χ4n) is 0.246. The van der Waals surface area contributed by atoms with Gasteiger partial charge in [-0.2, -0.15) is 0 Å². The van der Waals surface area contributed by atoms with Crippen LogP contribution in [-0.4, -0.2) is 0 Å². The second-order valence-corrected chi connectivity index (χ2v) is 1.44. The molecule has 0 aliphatic heterocycles. The summed E-state index contributed by atoms with van der Waals surface area (Å²) >= 11 is 4.33. The highest BCUT2D eigenvalue weighted by Crippen LogP contribution is 2.01. The minimum absolute atomic E-state index is 0.954. The highest BCUT2D eigenvalue weighted by atomic mass is 32.1. The normalized spacial score (nSPS) is 10.0. The molecule has 0 N–H and O–H groups in total. The van der Waals surface area contributed by atoms with Gasteiger partial charge in [0.25, 0.3) is 0 Å². The SMILES string of the molecule is CC[CH][C][C][C][C][C][S]. The maximum absolute atomic E-state index is 4.33. The largest absolute Gasteiger partial charge is 0.0828 e. The molecule has 0 amide bonds. The van der Waals surface area contributed by atoms with Gasteiger partial charge in [0.15, 0.2) is 0 Å². The lowest BCUT2D eigenvalue weighted by Gasteiger charge is -1.91. The predicted octanol–water partition coefficient (Wildman–Crippen LogP) is 2.16. The number of rotatable bonds is 6. The van der Waals surface area contributed by atoms with Crippen LogP contribution in [0.5, 0.6) is 0 Å². The van der Waals surface area contributed by atoms with Gasteiger partial charge in [-0.05, 0) is 19.3 Å². The van der Waals surface area contributed by atoms with Gasteiger partial charge in [-0.3, -0.25) is 0 Å². The Labute approximate surface area is 64.4 Å². The van der Waals surface area contributed by atoms with Crippen LogP contribution in [0, 0.1) is 37.9 Å². The van der Waals surface area contributed by atoms with E-state index in [-0.39, 0.29) is 0 Å². The molecule has 1 heteroatoms. The first-order chi connectivity index (χ1) is 4.41. The topological polar surface area (TPSA) is 0 Å². The van der Waals surface area contributed by atoms with Crippen molar-refractivity contribution in [2.24, 2.45) is 0 Å². The van der Waals surface area contributed by atoms with E-state index in [1.54, 1.807) is 0 Å². The fraction of sp³-hybridized carbons (Fsp3) is 0.250. The van der Waals surface area contributed by atoms with Crippen molar-refractivity contribution in [2.75, 3.05) is 0 Å². The van der Waals surface area contributed by atoms with Crippen LogP contribution in [0.25, 0.3) is 0 Å². The lowest BCUT2D eigenvalue weighted by atomic mass is 10.1. The van der Waals surface area contributed by atoms with Crippen molar-refractivity contribution in [1.82, 2.24) is 0 Å². The summed E-state index contributed by atoms with van der Waals surface area (Å²) in [5.41, 5.74) is 0. The number of unbranched alkanes of at least 4 members (excludes halogenated alkanes) is 5. The van der Waals surface area contributed by atoms with Crippen LogP contribution in [0.15, 0.2) is 0 Å². The summed E-state index contributed by atoms with van der Waals surface area (Å²) in [6.45, 7) is 2.02. The zero-order valence-electron chi connectivity index (χ0n) is 5.19. The lowest BCUT2D eigenvalue weighted by molar-refractivity contribution is 1.10. The van der Waals surface area contributed by atoms with E-state index in [0.29, 0.717) is 0 Å². The van der Waals surface area contributed by atoms with Gasteiger partial charge in [0, 0.05) is 12.8 Å². The molecule has 0 unspecified atom stereocenters. The van der Waals surface area contributed by atoms with Crippen molar-refractivity contribution in [3.05, 3.63) is 37.9 Å². The van der Waals surface area contributed by atoms with E-state index in [1.165, 1.54) is 0 Å². The van der Waals surface area contributed by atoms with E-state index >= 15 is 0 Å². The molecule has 0 saturated heterocycles. The molecule has 44 valence electrons. The molecule has 0 spiro atoms. The Morgan fingerprint density at radius 1 is 1.33 bits per heavy atom. The first-order valence-corrected chi connectivity index (χ1v) is 3.02. The van der Waals surface area contributed by atoms with Gasteiger partial charge in [0.2, 0.25) is 0 Å². The van der Waals surface area contributed by atoms with Crippen molar-refractivity contribution in [3.63, 3.8) is 0 Å². The molecule has 0 aromatic heterocycles. The van der Waals surface area contributed by atoms with Crippen LogP contribution >= 0.6 is 12.6 Å². The van der Waals surface area contributed by atoms with Crippen molar-refractivity contribution >= 4 is 12.6 Å². The quantitative estimate of drug-likeness (QED) is 0.488. The average molecular weight is 134 g/mol. The Morgan fingerprint density at radius 3 is 2.67 bits per heavy atom. The van der Waals surface area contributed by atoms with Crippen LogP contribution in [0.4, 0.5) is 0 Å². The molecule has 0 aromatic rings. The molecule has 0 nitrogen and oxygen atoms in total. The predicted molar refractivity (Wildman–Crippen MR) is 38.4 cm³/mol. The summed E-state index contributed by atoms with van der Waals surface area (Å²) in [7, 11) is 0. The van der Waals surface area contributed by atoms with E-state index in [0.717, 1.165) is 6.42 Å². The van der Waals surface area contributed by atoms with Crippen molar-refractivity contribution in [1.29, 1.82) is 0 Å². The molecule has 0 fully saturated rings. The molecular formula is C8H6S. The third-order valence-electron chi connectivity index (χ3n) is 0.554. The maximum atomic E-state index is 4.33. The summed E-state index contributed by atoms with van der Waals surface area (Å²) in [5, 5.41) is 0. The molecule has 0 bridgehead atoms. The Kier molecular flexibility index (Phi) is 8.67. The third kappa shape index (κ3) is 8.35. The highest BCUT2D eigenvalue weighted by Gasteiger charge is 1.90.